The number of nitrogens with one attached hydrogen (secondary N) is 2. The van der Waals surface area contributed by atoms with Crippen LogP contribution in [0.5, 0.6) is 0 Å². The van der Waals surface area contributed by atoms with Gasteiger partial charge in [-0.05, 0) is 24.6 Å². The average Bonchev–Trinajstić information content (AvgIpc) is 2.54. The molecule has 1 atom stereocenters. The van der Waals surface area contributed by atoms with Crippen LogP contribution in [0.3, 0.4) is 0 Å². The second kappa shape index (κ2) is 6.38. The summed E-state index contributed by atoms with van der Waals surface area (Å²) in [7, 11) is 0. The molecule has 1 heterocycles. The van der Waals surface area contributed by atoms with Crippen molar-refractivity contribution in [3.63, 3.8) is 0 Å². The fourth-order valence-electron chi connectivity index (χ4n) is 2.57. The maximum atomic E-state index is 12.6. The van der Waals surface area contributed by atoms with Gasteiger partial charge in [-0.1, -0.05) is 52.3 Å². The maximum Gasteiger partial charge on any atom is 0.252 e. The third kappa shape index (κ3) is 3.19. The summed E-state index contributed by atoms with van der Waals surface area (Å²) in [5.41, 5.74) is 1.72. The minimum Gasteiger partial charge on any atom is -0.345 e. The van der Waals surface area contributed by atoms with Crippen LogP contribution in [-0.4, -0.2) is 10.9 Å². The number of aromatic nitrogens is 1. The Hall–Kier alpha value is -2.40. The van der Waals surface area contributed by atoms with Gasteiger partial charge in [-0.3, -0.25) is 9.59 Å². The molecule has 116 valence electrons. The normalized spacial score (nSPS) is 12.1. The third-order valence-electron chi connectivity index (χ3n) is 3.71. The van der Waals surface area contributed by atoms with Crippen molar-refractivity contribution in [3.8, 4) is 0 Å². The summed E-state index contributed by atoms with van der Waals surface area (Å²) in [6.45, 7) is 1.91. The second-order valence-electron chi connectivity index (χ2n) is 5.31. The molecule has 0 aliphatic carbocycles. The summed E-state index contributed by atoms with van der Waals surface area (Å²) in [4.78, 5) is 27.1. The van der Waals surface area contributed by atoms with Gasteiger partial charge < -0.3 is 10.3 Å². The molecular formula is C18H15BrN2O2. The lowest BCUT2D eigenvalue weighted by Crippen LogP contribution is -2.28. The first-order valence-electron chi connectivity index (χ1n) is 7.23. The highest BCUT2D eigenvalue weighted by atomic mass is 79.9. The van der Waals surface area contributed by atoms with Crippen LogP contribution in [0, 0.1) is 0 Å². The molecule has 3 aromatic rings. The summed E-state index contributed by atoms with van der Waals surface area (Å²) in [6, 6.07) is 16.1. The van der Waals surface area contributed by atoms with Gasteiger partial charge in [0.05, 0.1) is 11.6 Å². The highest BCUT2D eigenvalue weighted by Crippen LogP contribution is 2.23. The number of benzene rings is 2. The van der Waals surface area contributed by atoms with Gasteiger partial charge in [0.15, 0.2) is 0 Å². The Morgan fingerprint density at radius 2 is 1.83 bits per heavy atom. The van der Waals surface area contributed by atoms with Crippen LogP contribution in [0.2, 0.25) is 0 Å². The topological polar surface area (TPSA) is 62.0 Å². The van der Waals surface area contributed by atoms with Crippen molar-refractivity contribution in [2.75, 3.05) is 0 Å². The first-order chi connectivity index (χ1) is 11.1. The Bertz CT molecular complexity index is 933. The lowest BCUT2D eigenvalue weighted by atomic mass is 10.1. The van der Waals surface area contributed by atoms with Gasteiger partial charge in [-0.2, -0.15) is 0 Å². The number of halogens is 1. The standard InChI is InChI=1S/C18H15BrN2O2/c1-11(12-6-2-4-8-15(12)19)20-18(23)14-10-17(22)21-16-9-5-3-7-13(14)16/h2-11H,1H3,(H,20,23)(H,21,22)/t11-/m1/s1. The van der Waals surface area contributed by atoms with Crippen LogP contribution in [0.4, 0.5) is 0 Å². The predicted molar refractivity (Wildman–Crippen MR) is 94.6 cm³/mol. The number of amides is 1. The molecule has 23 heavy (non-hydrogen) atoms. The van der Waals surface area contributed by atoms with Gasteiger partial charge in [0.25, 0.3) is 5.91 Å². The van der Waals surface area contributed by atoms with E-state index >= 15 is 0 Å². The molecule has 2 aromatic carbocycles. The van der Waals surface area contributed by atoms with Gasteiger partial charge >= 0.3 is 0 Å². The van der Waals surface area contributed by atoms with Crippen molar-refractivity contribution in [3.05, 3.63) is 80.6 Å². The van der Waals surface area contributed by atoms with Crippen LogP contribution >= 0.6 is 15.9 Å². The summed E-state index contributed by atoms with van der Waals surface area (Å²) in [5, 5.41) is 3.68. The van der Waals surface area contributed by atoms with Crippen molar-refractivity contribution >= 4 is 32.7 Å². The average molecular weight is 371 g/mol. The van der Waals surface area contributed by atoms with E-state index in [4.69, 9.17) is 0 Å². The smallest absolute Gasteiger partial charge is 0.252 e. The van der Waals surface area contributed by atoms with Crippen LogP contribution in [0.25, 0.3) is 10.9 Å². The number of rotatable bonds is 3. The molecule has 0 bridgehead atoms. The zero-order chi connectivity index (χ0) is 16.4. The number of carbonyl (C=O) groups excluding carboxylic acids is 1. The Labute approximate surface area is 141 Å². The van der Waals surface area contributed by atoms with Crippen LogP contribution in [0.1, 0.15) is 28.9 Å². The number of H-pyrrole nitrogens is 1. The fraction of sp³-hybridized carbons (Fsp3) is 0.111. The van der Waals surface area contributed by atoms with E-state index in [1.54, 1.807) is 6.07 Å². The van der Waals surface area contributed by atoms with E-state index in [0.29, 0.717) is 11.1 Å². The number of hydrogen-bond acceptors (Lipinski definition) is 2. The van der Waals surface area contributed by atoms with Crippen LogP contribution < -0.4 is 10.9 Å². The van der Waals surface area contributed by atoms with E-state index in [-0.39, 0.29) is 17.5 Å². The molecule has 5 heteroatoms. The number of pyridine rings is 1. The van der Waals surface area contributed by atoms with Crippen molar-refractivity contribution in [2.24, 2.45) is 0 Å². The van der Waals surface area contributed by atoms with Crippen molar-refractivity contribution in [1.29, 1.82) is 0 Å². The first kappa shape index (κ1) is 15.5. The zero-order valence-electron chi connectivity index (χ0n) is 12.5. The van der Waals surface area contributed by atoms with Crippen LogP contribution in [0.15, 0.2) is 63.9 Å². The Balaban J connectivity index is 1.95. The van der Waals surface area contributed by atoms with Gasteiger partial charge in [0.2, 0.25) is 5.56 Å². The van der Waals surface area contributed by atoms with Crippen molar-refractivity contribution < 1.29 is 4.79 Å². The SMILES string of the molecule is C[C@@H](NC(=O)c1cc(=O)[nH]c2ccccc12)c1ccccc1Br. The highest BCUT2D eigenvalue weighted by molar-refractivity contribution is 9.10. The second-order valence-corrected chi connectivity index (χ2v) is 6.16. The zero-order valence-corrected chi connectivity index (χ0v) is 14.1. The lowest BCUT2D eigenvalue weighted by Gasteiger charge is -2.16. The minimum atomic E-state index is -0.289. The molecule has 1 amide bonds. The maximum absolute atomic E-state index is 12.6. The molecule has 2 N–H and O–H groups in total. The molecule has 0 saturated carbocycles. The van der Waals surface area contributed by atoms with Gasteiger partial charge in [0.1, 0.15) is 0 Å². The largest absolute Gasteiger partial charge is 0.345 e. The van der Waals surface area contributed by atoms with E-state index in [1.165, 1.54) is 6.07 Å². The van der Waals surface area contributed by atoms with Crippen molar-refractivity contribution in [1.82, 2.24) is 10.3 Å². The third-order valence-corrected chi connectivity index (χ3v) is 4.44. The molecule has 3 rings (SSSR count). The van der Waals surface area contributed by atoms with Crippen LogP contribution in [-0.2, 0) is 0 Å². The predicted octanol–water partition coefficient (Wildman–Crippen LogP) is 3.78. The minimum absolute atomic E-state index is 0.184. The number of para-hydroxylation sites is 1. The fourth-order valence-corrected chi connectivity index (χ4v) is 3.20. The molecule has 1 aromatic heterocycles. The number of hydrogen-bond donors (Lipinski definition) is 2. The van der Waals surface area contributed by atoms with Gasteiger partial charge in [-0.25, -0.2) is 0 Å². The highest BCUT2D eigenvalue weighted by Gasteiger charge is 2.16. The van der Waals surface area contributed by atoms with E-state index < -0.39 is 0 Å². The molecule has 0 unspecified atom stereocenters. The van der Waals surface area contributed by atoms with Gasteiger partial charge in [-0.15, -0.1) is 0 Å². The molecule has 0 aliphatic heterocycles. The summed E-state index contributed by atoms with van der Waals surface area (Å²) >= 11 is 3.49. The molecule has 4 nitrogen and oxygen atoms in total. The van der Waals surface area contributed by atoms with E-state index in [9.17, 15) is 9.59 Å². The van der Waals surface area contributed by atoms with E-state index in [0.717, 1.165) is 15.4 Å². The summed E-state index contributed by atoms with van der Waals surface area (Å²) < 4.78 is 0.934. The van der Waals surface area contributed by atoms with E-state index in [2.05, 4.69) is 26.2 Å². The number of fused-ring (bicyclic) bond motifs is 1. The molecule has 0 aliphatic rings. The summed E-state index contributed by atoms with van der Waals surface area (Å²) in [6.07, 6.45) is 0. The van der Waals surface area contributed by atoms with Gasteiger partial charge in [0, 0.05) is 21.4 Å². The lowest BCUT2D eigenvalue weighted by molar-refractivity contribution is 0.0941. The molecule has 0 radical (unpaired) electrons. The molecule has 0 spiro atoms. The first-order valence-corrected chi connectivity index (χ1v) is 8.03. The Morgan fingerprint density at radius 1 is 1.13 bits per heavy atom. The monoisotopic (exact) mass is 370 g/mol. The Morgan fingerprint density at radius 3 is 2.61 bits per heavy atom. The summed E-state index contributed by atoms with van der Waals surface area (Å²) in [5.74, 6) is -0.268. The number of aromatic amines is 1. The van der Waals surface area contributed by atoms with Crippen molar-refractivity contribution in [2.45, 2.75) is 13.0 Å². The molecular weight excluding hydrogens is 356 g/mol. The molecule has 0 fully saturated rings. The quantitative estimate of drug-likeness (QED) is 0.736. The number of carbonyl (C=O) groups is 1. The molecule has 0 saturated heterocycles. The van der Waals surface area contributed by atoms with E-state index in [1.807, 2.05) is 49.4 Å². The Kier molecular flexibility index (Phi) is 4.30.